The second-order valence-corrected chi connectivity index (χ2v) is 12.6. The zero-order valence-electron chi connectivity index (χ0n) is 22.7. The third-order valence-corrected chi connectivity index (χ3v) is 8.70. The van der Waals surface area contributed by atoms with E-state index < -0.39 is 16.0 Å². The molecule has 0 aliphatic carbocycles. The number of hydrogen-bond donors (Lipinski definition) is 2. The molecule has 4 rings (SSSR count). The van der Waals surface area contributed by atoms with Crippen LogP contribution in [0, 0.1) is 0 Å². The van der Waals surface area contributed by atoms with Gasteiger partial charge in [-0.05, 0) is 66.3 Å². The van der Waals surface area contributed by atoms with E-state index >= 15 is 0 Å². The predicted molar refractivity (Wildman–Crippen MR) is 153 cm³/mol. The molecule has 1 aliphatic heterocycles. The summed E-state index contributed by atoms with van der Waals surface area (Å²) in [5.41, 5.74) is 2.89. The number of esters is 1. The van der Waals surface area contributed by atoms with Crippen molar-refractivity contribution < 1.29 is 22.7 Å². The molecule has 39 heavy (non-hydrogen) atoms. The first kappa shape index (κ1) is 28.3. The maximum atomic E-state index is 13.2. The van der Waals surface area contributed by atoms with Gasteiger partial charge >= 0.3 is 5.97 Å². The molecule has 8 nitrogen and oxygen atoms in total. The van der Waals surface area contributed by atoms with E-state index in [0.29, 0.717) is 35.5 Å². The quantitative estimate of drug-likeness (QED) is 0.388. The first-order chi connectivity index (χ1) is 18.5. The Bertz CT molecular complexity index is 1430. The Hall–Kier alpha value is -3.69. The lowest BCUT2D eigenvalue weighted by Crippen LogP contribution is -2.45. The third-order valence-electron chi connectivity index (χ3n) is 6.82. The van der Waals surface area contributed by atoms with Gasteiger partial charge < -0.3 is 15.4 Å². The van der Waals surface area contributed by atoms with Gasteiger partial charge in [-0.15, -0.1) is 0 Å². The minimum Gasteiger partial charge on any atom is -0.465 e. The van der Waals surface area contributed by atoms with Crippen LogP contribution in [0.3, 0.4) is 0 Å². The van der Waals surface area contributed by atoms with Crippen molar-refractivity contribution in [3.8, 4) is 0 Å². The zero-order valence-corrected chi connectivity index (χ0v) is 23.5. The number of nitrogens with zero attached hydrogens (tertiary/aromatic N) is 1. The van der Waals surface area contributed by atoms with Gasteiger partial charge in [0.25, 0.3) is 5.91 Å². The van der Waals surface area contributed by atoms with Gasteiger partial charge in [0.05, 0.1) is 23.3 Å². The summed E-state index contributed by atoms with van der Waals surface area (Å²) >= 11 is 0. The summed E-state index contributed by atoms with van der Waals surface area (Å²) in [6.45, 7) is 7.00. The molecule has 0 saturated carbocycles. The van der Waals surface area contributed by atoms with E-state index in [1.807, 2.05) is 12.1 Å². The van der Waals surface area contributed by atoms with E-state index in [4.69, 9.17) is 4.74 Å². The van der Waals surface area contributed by atoms with Crippen molar-refractivity contribution in [1.29, 1.82) is 0 Å². The Balaban J connectivity index is 1.53. The lowest BCUT2D eigenvalue weighted by atomic mass is 9.87. The van der Waals surface area contributed by atoms with Crippen LogP contribution in [-0.2, 0) is 20.2 Å². The number of sulfonamides is 1. The Morgan fingerprint density at radius 1 is 0.974 bits per heavy atom. The van der Waals surface area contributed by atoms with Crippen molar-refractivity contribution in [3.63, 3.8) is 0 Å². The molecule has 1 saturated heterocycles. The minimum atomic E-state index is -3.64. The van der Waals surface area contributed by atoms with E-state index in [9.17, 15) is 18.0 Å². The zero-order chi connectivity index (χ0) is 28.2. The highest BCUT2D eigenvalue weighted by atomic mass is 32.2. The number of rotatable bonds is 7. The fourth-order valence-corrected chi connectivity index (χ4v) is 6.14. The van der Waals surface area contributed by atoms with Crippen molar-refractivity contribution in [1.82, 2.24) is 4.31 Å². The highest BCUT2D eigenvalue weighted by Crippen LogP contribution is 2.28. The van der Waals surface area contributed by atoms with Crippen molar-refractivity contribution >= 4 is 33.3 Å². The van der Waals surface area contributed by atoms with Crippen LogP contribution in [0.5, 0.6) is 0 Å². The average Bonchev–Trinajstić information content (AvgIpc) is 2.93. The van der Waals surface area contributed by atoms with E-state index in [0.717, 1.165) is 12.0 Å². The number of carbonyl (C=O) groups excluding carboxylic acids is 2. The van der Waals surface area contributed by atoms with Crippen LogP contribution >= 0.6 is 0 Å². The molecule has 1 unspecified atom stereocenters. The van der Waals surface area contributed by atoms with Crippen LogP contribution < -0.4 is 10.6 Å². The molecule has 1 atom stereocenters. The van der Waals surface area contributed by atoms with Gasteiger partial charge in [-0.1, -0.05) is 51.1 Å². The number of carbonyl (C=O) groups is 2. The molecule has 3 aromatic rings. The number of benzene rings is 3. The molecule has 2 N–H and O–H groups in total. The Kier molecular flexibility index (Phi) is 8.42. The minimum absolute atomic E-state index is 0.0194. The first-order valence-electron chi connectivity index (χ1n) is 12.9. The first-order valence-corrected chi connectivity index (χ1v) is 14.4. The summed E-state index contributed by atoms with van der Waals surface area (Å²) in [4.78, 5) is 25.7. The maximum absolute atomic E-state index is 13.2. The molecule has 1 amide bonds. The maximum Gasteiger partial charge on any atom is 0.339 e. The molecule has 1 aliphatic rings. The molecule has 9 heteroatoms. The highest BCUT2D eigenvalue weighted by Gasteiger charge is 2.31. The second-order valence-electron chi connectivity index (χ2n) is 10.7. The Morgan fingerprint density at radius 2 is 1.67 bits per heavy atom. The molecule has 3 aromatic carbocycles. The van der Waals surface area contributed by atoms with Crippen LogP contribution in [0.4, 0.5) is 11.4 Å². The van der Waals surface area contributed by atoms with Crippen LogP contribution in [0.2, 0.25) is 0 Å². The van der Waals surface area contributed by atoms with Crippen LogP contribution in [0.1, 0.15) is 59.9 Å². The van der Waals surface area contributed by atoms with Crippen molar-refractivity contribution in [3.05, 3.63) is 89.5 Å². The molecule has 1 fully saturated rings. The molecule has 1 heterocycles. The predicted octanol–water partition coefficient (Wildman–Crippen LogP) is 5.29. The van der Waals surface area contributed by atoms with Crippen LogP contribution in [-0.4, -0.2) is 50.8 Å². The van der Waals surface area contributed by atoms with Crippen molar-refractivity contribution in [2.75, 3.05) is 30.8 Å². The summed E-state index contributed by atoms with van der Waals surface area (Å²) in [5, 5.41) is 6.23. The fraction of sp³-hybridized carbons (Fsp3) is 0.333. The Morgan fingerprint density at radius 3 is 2.31 bits per heavy atom. The summed E-state index contributed by atoms with van der Waals surface area (Å²) in [6, 6.07) is 20.5. The smallest absolute Gasteiger partial charge is 0.339 e. The average molecular weight is 550 g/mol. The molecule has 0 bridgehead atoms. The van der Waals surface area contributed by atoms with Gasteiger partial charge in [0, 0.05) is 30.4 Å². The van der Waals surface area contributed by atoms with Crippen molar-refractivity contribution in [2.45, 2.75) is 50.0 Å². The van der Waals surface area contributed by atoms with E-state index in [-0.39, 0.29) is 28.8 Å². The molecule has 0 spiro atoms. The van der Waals surface area contributed by atoms with Crippen LogP contribution in [0.15, 0.2) is 77.7 Å². The number of nitrogens with one attached hydrogen (secondary N) is 2. The lowest BCUT2D eigenvalue weighted by molar-refractivity contribution is 0.0601. The standard InChI is InChI=1S/C30H35N3O5S/c1-30(2,3)22-14-12-21(13-15-22)28(34)32-23-16-17-26(29(35)38-4)27(19-23)31-24-9-8-18-33(20-24)39(36,37)25-10-6-5-7-11-25/h5-7,10-17,19,24,31H,8-9,18,20H2,1-4H3,(H,32,34). The van der Waals surface area contributed by atoms with Gasteiger partial charge in [0.1, 0.15) is 0 Å². The summed E-state index contributed by atoms with van der Waals surface area (Å²) in [7, 11) is -2.34. The number of anilines is 2. The third kappa shape index (κ3) is 6.66. The van der Waals surface area contributed by atoms with E-state index in [1.54, 1.807) is 60.7 Å². The van der Waals surface area contributed by atoms with E-state index in [2.05, 4.69) is 31.4 Å². The second kappa shape index (κ2) is 11.6. The summed E-state index contributed by atoms with van der Waals surface area (Å²) in [5.74, 6) is -0.803. The molecule has 0 radical (unpaired) electrons. The molecule has 0 aromatic heterocycles. The molecular formula is C30H35N3O5S. The van der Waals surface area contributed by atoms with Gasteiger partial charge in [0.2, 0.25) is 10.0 Å². The van der Waals surface area contributed by atoms with Gasteiger partial charge in [-0.2, -0.15) is 4.31 Å². The number of ether oxygens (including phenoxy) is 1. The monoisotopic (exact) mass is 549 g/mol. The van der Waals surface area contributed by atoms with Crippen molar-refractivity contribution in [2.24, 2.45) is 0 Å². The summed E-state index contributed by atoms with van der Waals surface area (Å²) < 4.78 is 32.8. The number of piperidine rings is 1. The lowest BCUT2D eigenvalue weighted by Gasteiger charge is -2.33. The Labute approximate surface area is 230 Å². The van der Waals surface area contributed by atoms with Gasteiger partial charge in [0.15, 0.2) is 0 Å². The highest BCUT2D eigenvalue weighted by molar-refractivity contribution is 7.89. The number of hydrogen-bond acceptors (Lipinski definition) is 6. The number of amides is 1. The topological polar surface area (TPSA) is 105 Å². The number of methoxy groups -OCH3 is 1. The van der Waals surface area contributed by atoms with Crippen LogP contribution in [0.25, 0.3) is 0 Å². The largest absolute Gasteiger partial charge is 0.465 e. The molecule has 206 valence electrons. The normalized spacial score (nSPS) is 16.4. The fourth-order valence-electron chi connectivity index (χ4n) is 4.59. The van der Waals surface area contributed by atoms with E-state index in [1.165, 1.54) is 11.4 Å². The SMILES string of the molecule is COC(=O)c1ccc(NC(=O)c2ccc(C(C)(C)C)cc2)cc1NC1CCCN(S(=O)(=O)c2ccccc2)C1. The summed E-state index contributed by atoms with van der Waals surface area (Å²) in [6.07, 6.45) is 1.39. The molecular weight excluding hydrogens is 514 g/mol. The van der Waals surface area contributed by atoms with Gasteiger partial charge in [-0.3, -0.25) is 4.79 Å². The van der Waals surface area contributed by atoms with Gasteiger partial charge in [-0.25, -0.2) is 13.2 Å².